The molecule has 8 rings (SSSR count). The topological polar surface area (TPSA) is 145 Å². The third-order valence-electron chi connectivity index (χ3n) is 22.1. The third-order valence-corrected chi connectivity index (χ3v) is 22.1. The van der Waals surface area contributed by atoms with Crippen LogP contribution in [0.1, 0.15) is 184 Å². The van der Waals surface area contributed by atoms with Gasteiger partial charge < -0.3 is 30.3 Å². The molecule has 350 valence electrons. The number of aliphatic carboxylic acids is 1. The van der Waals surface area contributed by atoms with E-state index in [-0.39, 0.29) is 58.5 Å². The van der Waals surface area contributed by atoms with Crippen LogP contribution in [0.3, 0.4) is 0 Å². The number of carbonyl (C=O) groups is 2. The van der Waals surface area contributed by atoms with Gasteiger partial charge in [-0.15, -0.1) is 0 Å². The zero-order valence-corrected chi connectivity index (χ0v) is 40.0. The number of aliphatic hydroxyl groups is 4. The Labute approximate surface area is 370 Å². The van der Waals surface area contributed by atoms with E-state index in [2.05, 4.69) is 55.4 Å². The van der Waals surface area contributed by atoms with Crippen molar-refractivity contribution in [3.05, 3.63) is 0 Å². The summed E-state index contributed by atoms with van der Waals surface area (Å²) in [4.78, 5) is 22.8. The Morgan fingerprint density at radius 1 is 0.557 bits per heavy atom. The second kappa shape index (κ2) is 18.2. The molecule has 8 aliphatic rings. The fourth-order valence-electron chi connectivity index (χ4n) is 19.1. The van der Waals surface area contributed by atoms with Crippen molar-refractivity contribution >= 4 is 11.9 Å². The van der Waals surface area contributed by atoms with E-state index in [4.69, 9.17) is 9.84 Å². The molecule has 0 aromatic heterocycles. The molecule has 0 radical (unpaired) electrons. The van der Waals surface area contributed by atoms with E-state index in [0.717, 1.165) is 64.2 Å². The number of aliphatic hydroxyl groups excluding tert-OH is 4. The molecule has 8 saturated carbocycles. The predicted octanol–water partition coefficient (Wildman–Crippen LogP) is 10.3. The molecule has 8 aliphatic carbocycles. The molecule has 0 aromatic carbocycles. The predicted molar refractivity (Wildman–Crippen MR) is 240 cm³/mol. The molecular formula is C53H90O8. The van der Waals surface area contributed by atoms with Gasteiger partial charge in [0.2, 0.25) is 0 Å². The first kappa shape index (κ1) is 47.7. The van der Waals surface area contributed by atoms with E-state index < -0.39 is 5.97 Å². The Kier molecular flexibility index (Phi) is 14.3. The molecule has 8 heteroatoms. The van der Waals surface area contributed by atoms with Crippen molar-refractivity contribution in [2.75, 3.05) is 7.11 Å². The van der Waals surface area contributed by atoms with Crippen molar-refractivity contribution in [3.8, 4) is 0 Å². The lowest BCUT2D eigenvalue weighted by Gasteiger charge is -2.64. The van der Waals surface area contributed by atoms with Crippen molar-refractivity contribution < 1.29 is 39.9 Å². The summed E-state index contributed by atoms with van der Waals surface area (Å²) in [5.74, 6) is 5.98. The van der Waals surface area contributed by atoms with E-state index in [1.54, 1.807) is 0 Å². The summed E-state index contributed by atoms with van der Waals surface area (Å²) in [5, 5.41) is 53.5. The molecule has 0 aromatic rings. The standard InChI is InChI=1S/C27H46O4.C26H44O4/c1-6-18-22-15-17(28)11-13-27(22,4)21-12-14-26(3)19(16(2)7-10-23(29)31-5)8-9-20(26)24(21)25(18)30;1-5-17-21-14-16(27)10-12-26(21,4)20-11-13-25(3)18(15(2)6-9-22(28)29)7-8-19(25)23(20)24(17)30/h16-22,24-25,28,30H,6-15H2,1-5H3;15-21,23-24,27,30H,5-14H2,1-4H3,(H,28,29)/t16-,17-,18-,19?,20?,21?,22+,24?,25-,26-,27-;15-,16-,17-,18?,19?,20?,21+,23?,24-,25-,26-/m11/s1. The Balaban J connectivity index is 0.000000184. The van der Waals surface area contributed by atoms with Gasteiger partial charge in [0, 0.05) is 12.8 Å². The van der Waals surface area contributed by atoms with E-state index in [1.165, 1.54) is 58.5 Å². The number of rotatable bonds is 10. The van der Waals surface area contributed by atoms with Gasteiger partial charge in [0.25, 0.3) is 0 Å². The van der Waals surface area contributed by atoms with Crippen molar-refractivity contribution in [1.29, 1.82) is 0 Å². The summed E-state index contributed by atoms with van der Waals surface area (Å²) in [7, 11) is 1.48. The fourth-order valence-corrected chi connectivity index (χ4v) is 19.1. The van der Waals surface area contributed by atoms with Crippen LogP contribution in [0.15, 0.2) is 0 Å². The maximum absolute atomic E-state index is 11.8. The molecule has 8 nitrogen and oxygen atoms in total. The van der Waals surface area contributed by atoms with Gasteiger partial charge in [0.1, 0.15) is 0 Å². The van der Waals surface area contributed by atoms with Gasteiger partial charge in [-0.2, -0.15) is 0 Å². The average molecular weight is 855 g/mol. The highest BCUT2D eigenvalue weighted by molar-refractivity contribution is 5.69. The highest BCUT2D eigenvalue weighted by Crippen LogP contribution is 2.71. The minimum atomic E-state index is -0.683. The van der Waals surface area contributed by atoms with E-state index in [9.17, 15) is 30.0 Å². The molecule has 0 spiro atoms. The number of ether oxygens (including phenoxy) is 1. The lowest BCUT2D eigenvalue weighted by atomic mass is 9.41. The molecule has 0 heterocycles. The molecule has 0 bridgehead atoms. The Morgan fingerprint density at radius 3 is 1.31 bits per heavy atom. The van der Waals surface area contributed by atoms with E-state index in [0.29, 0.717) is 89.3 Å². The number of methoxy groups -OCH3 is 1. The molecule has 8 unspecified atom stereocenters. The lowest BCUT2D eigenvalue weighted by Crippen LogP contribution is -2.62. The fraction of sp³-hybridized carbons (Fsp3) is 0.962. The van der Waals surface area contributed by atoms with Crippen molar-refractivity contribution in [3.63, 3.8) is 0 Å². The summed E-state index contributed by atoms with van der Waals surface area (Å²) in [6.07, 6.45) is 19.1. The zero-order valence-electron chi connectivity index (χ0n) is 40.0. The van der Waals surface area contributed by atoms with E-state index >= 15 is 0 Å². The molecule has 0 saturated heterocycles. The number of carbonyl (C=O) groups excluding carboxylic acids is 1. The second-order valence-electron chi connectivity index (χ2n) is 24.2. The van der Waals surface area contributed by atoms with Gasteiger partial charge in [0.15, 0.2) is 0 Å². The zero-order chi connectivity index (χ0) is 44.4. The first-order valence-corrected chi connectivity index (χ1v) is 25.8. The van der Waals surface area contributed by atoms with Crippen LogP contribution in [0.25, 0.3) is 0 Å². The summed E-state index contributed by atoms with van der Waals surface area (Å²) >= 11 is 0. The highest BCUT2D eigenvalue weighted by Gasteiger charge is 2.66. The molecule has 0 aliphatic heterocycles. The van der Waals surface area contributed by atoms with Crippen molar-refractivity contribution in [2.24, 2.45) is 105 Å². The van der Waals surface area contributed by atoms with E-state index in [1.807, 2.05) is 0 Å². The van der Waals surface area contributed by atoms with Gasteiger partial charge >= 0.3 is 11.9 Å². The number of carboxylic acid groups (broad SMARTS) is 1. The van der Waals surface area contributed by atoms with Crippen LogP contribution in [0.2, 0.25) is 0 Å². The van der Waals surface area contributed by atoms with Gasteiger partial charge in [0.05, 0.1) is 31.5 Å². The lowest BCUT2D eigenvalue weighted by molar-refractivity contribution is -0.203. The molecule has 22 atom stereocenters. The Bertz CT molecular complexity index is 1530. The maximum Gasteiger partial charge on any atom is 0.305 e. The molecular weight excluding hydrogens is 765 g/mol. The molecule has 8 fully saturated rings. The van der Waals surface area contributed by atoms with Gasteiger partial charge in [-0.3, -0.25) is 9.59 Å². The molecule has 0 amide bonds. The normalized spacial score (nSPS) is 50.8. The number of esters is 1. The monoisotopic (exact) mass is 855 g/mol. The highest BCUT2D eigenvalue weighted by atomic mass is 16.5. The summed E-state index contributed by atoms with van der Waals surface area (Å²) < 4.78 is 4.88. The summed E-state index contributed by atoms with van der Waals surface area (Å²) in [6.45, 7) is 19.0. The minimum absolute atomic E-state index is 0.0952. The van der Waals surface area contributed by atoms with Crippen LogP contribution < -0.4 is 0 Å². The van der Waals surface area contributed by atoms with Crippen molar-refractivity contribution in [2.45, 2.75) is 208 Å². The SMILES string of the molecule is CC[C@H]1[C@@H](O)C2C3CCC([C@H](C)CCC(=O)O)[C@@]3(C)CCC2[C@@]2(C)CC[C@@H](O)C[C@@H]12.CC[C@H]1[C@@H](O)C2C3CCC([C@H](C)CCC(=O)OC)[C@@]3(C)CCC2[C@@]2(C)CC[C@@H](O)C[C@@H]12. The number of hydrogen-bond acceptors (Lipinski definition) is 7. The number of carboxylic acids is 1. The van der Waals surface area contributed by atoms with Crippen molar-refractivity contribution in [1.82, 2.24) is 0 Å². The van der Waals surface area contributed by atoms with Crippen LogP contribution in [-0.4, -0.2) is 69.0 Å². The van der Waals surface area contributed by atoms with Gasteiger partial charge in [-0.1, -0.05) is 68.2 Å². The first-order valence-electron chi connectivity index (χ1n) is 25.8. The quantitative estimate of drug-likeness (QED) is 0.137. The summed E-state index contributed by atoms with van der Waals surface area (Å²) in [5.41, 5.74) is 1.01. The largest absolute Gasteiger partial charge is 0.481 e. The Morgan fingerprint density at radius 2 is 0.934 bits per heavy atom. The van der Waals surface area contributed by atoms with Crippen LogP contribution in [0, 0.1) is 105 Å². The first-order chi connectivity index (χ1) is 28.8. The third kappa shape index (κ3) is 8.12. The minimum Gasteiger partial charge on any atom is -0.481 e. The molecule has 61 heavy (non-hydrogen) atoms. The second-order valence-corrected chi connectivity index (χ2v) is 24.2. The Hall–Kier alpha value is -1.22. The van der Waals surface area contributed by atoms with Gasteiger partial charge in [-0.25, -0.2) is 0 Å². The smallest absolute Gasteiger partial charge is 0.305 e. The average Bonchev–Trinajstić information content (AvgIpc) is 3.77. The van der Waals surface area contributed by atoms with Crippen LogP contribution in [0.4, 0.5) is 0 Å². The summed E-state index contributed by atoms with van der Waals surface area (Å²) in [6, 6.07) is 0. The van der Waals surface area contributed by atoms with Gasteiger partial charge in [-0.05, 0) is 207 Å². The van der Waals surface area contributed by atoms with Crippen LogP contribution >= 0.6 is 0 Å². The number of fused-ring (bicyclic) bond motifs is 10. The van der Waals surface area contributed by atoms with Crippen LogP contribution in [0.5, 0.6) is 0 Å². The number of hydrogen-bond donors (Lipinski definition) is 5. The maximum atomic E-state index is 11.8. The van der Waals surface area contributed by atoms with Crippen LogP contribution in [-0.2, 0) is 14.3 Å². The molecule has 5 N–H and O–H groups in total.